The zero-order valence-electron chi connectivity index (χ0n) is 8.58. The van der Waals surface area contributed by atoms with E-state index in [9.17, 15) is 23.1 Å². The van der Waals surface area contributed by atoms with Crippen LogP contribution >= 0.6 is 0 Å². The minimum Gasteiger partial charge on any atom is -0.388 e. The highest BCUT2D eigenvalue weighted by Crippen LogP contribution is 2.29. The second-order valence-electron chi connectivity index (χ2n) is 3.51. The van der Waals surface area contributed by atoms with E-state index in [0.717, 1.165) is 0 Å². The first-order valence-electron chi connectivity index (χ1n) is 4.65. The van der Waals surface area contributed by atoms with E-state index in [0.29, 0.717) is 5.56 Å². The van der Waals surface area contributed by atoms with Gasteiger partial charge >= 0.3 is 6.18 Å². The van der Waals surface area contributed by atoms with Gasteiger partial charge in [-0.1, -0.05) is 24.3 Å². The first-order chi connectivity index (χ1) is 7.29. The summed E-state index contributed by atoms with van der Waals surface area (Å²) in [5, 5.41) is 9.28. The molecule has 0 aliphatic rings. The molecule has 1 unspecified atom stereocenters. The number of benzene rings is 1. The Morgan fingerprint density at radius 3 is 2.19 bits per heavy atom. The van der Waals surface area contributed by atoms with Crippen LogP contribution in [0, 0.1) is 0 Å². The minimum absolute atomic E-state index is 0.155. The molecule has 0 saturated carbocycles. The van der Waals surface area contributed by atoms with Gasteiger partial charge in [0.1, 0.15) is 0 Å². The smallest absolute Gasteiger partial charge is 0.388 e. The van der Waals surface area contributed by atoms with Gasteiger partial charge < -0.3 is 5.11 Å². The van der Waals surface area contributed by atoms with Gasteiger partial charge in [0, 0.05) is 5.56 Å². The molecule has 5 heteroatoms. The van der Waals surface area contributed by atoms with Crippen molar-refractivity contribution in [3.63, 3.8) is 0 Å². The van der Waals surface area contributed by atoms with E-state index in [2.05, 4.69) is 0 Å². The van der Waals surface area contributed by atoms with E-state index in [1.807, 2.05) is 0 Å². The van der Waals surface area contributed by atoms with E-state index >= 15 is 0 Å². The predicted molar refractivity (Wildman–Crippen MR) is 52.1 cm³/mol. The van der Waals surface area contributed by atoms with Gasteiger partial charge in [0.15, 0.2) is 5.78 Å². The van der Waals surface area contributed by atoms with Crippen molar-refractivity contribution in [1.82, 2.24) is 0 Å². The molecule has 0 bridgehead atoms. The van der Waals surface area contributed by atoms with Gasteiger partial charge in [-0.25, -0.2) is 0 Å². The molecule has 0 saturated heterocycles. The maximum Gasteiger partial charge on any atom is 0.391 e. The molecule has 0 aliphatic carbocycles. The van der Waals surface area contributed by atoms with E-state index in [1.54, 1.807) is 0 Å². The van der Waals surface area contributed by atoms with Crippen molar-refractivity contribution in [2.75, 3.05) is 0 Å². The molecule has 0 heterocycles. The molecule has 16 heavy (non-hydrogen) atoms. The fraction of sp³-hybridized carbons (Fsp3) is 0.364. The number of halogens is 3. The van der Waals surface area contributed by atoms with Crippen molar-refractivity contribution in [3.05, 3.63) is 35.4 Å². The molecule has 2 nitrogen and oxygen atoms in total. The molecular weight excluding hydrogens is 221 g/mol. The summed E-state index contributed by atoms with van der Waals surface area (Å²) in [5.74, 6) is -0.170. The Hall–Kier alpha value is -1.36. The van der Waals surface area contributed by atoms with Crippen LogP contribution in [0.3, 0.4) is 0 Å². The average molecular weight is 232 g/mol. The summed E-state index contributed by atoms with van der Waals surface area (Å²) in [6.45, 7) is 1.36. The Balaban J connectivity index is 2.78. The number of hydrogen-bond acceptors (Lipinski definition) is 2. The van der Waals surface area contributed by atoms with E-state index in [4.69, 9.17) is 0 Å². The lowest BCUT2D eigenvalue weighted by Crippen LogP contribution is -2.13. The van der Waals surface area contributed by atoms with Crippen molar-refractivity contribution in [2.45, 2.75) is 25.6 Å². The summed E-state index contributed by atoms with van der Waals surface area (Å²) >= 11 is 0. The fourth-order valence-corrected chi connectivity index (χ4v) is 1.28. The molecule has 1 aromatic carbocycles. The SMILES string of the molecule is CC(=O)c1ccc(C(O)CC(F)(F)F)cc1. The van der Waals surface area contributed by atoms with E-state index < -0.39 is 18.7 Å². The number of Topliss-reactive ketones (excluding diaryl/α,β-unsaturated/α-hetero) is 1. The van der Waals surface area contributed by atoms with Crippen LogP contribution in [0.15, 0.2) is 24.3 Å². The van der Waals surface area contributed by atoms with Crippen LogP contribution in [0.2, 0.25) is 0 Å². The molecule has 1 rings (SSSR count). The molecule has 0 aromatic heterocycles. The van der Waals surface area contributed by atoms with Crippen molar-refractivity contribution >= 4 is 5.78 Å². The summed E-state index contributed by atoms with van der Waals surface area (Å²) in [6, 6.07) is 5.45. The van der Waals surface area contributed by atoms with E-state index in [-0.39, 0.29) is 11.3 Å². The lowest BCUT2D eigenvalue weighted by molar-refractivity contribution is -0.154. The van der Waals surface area contributed by atoms with Gasteiger partial charge in [0.2, 0.25) is 0 Å². The summed E-state index contributed by atoms with van der Waals surface area (Å²) in [5.41, 5.74) is 0.560. The molecule has 1 N–H and O–H groups in total. The molecule has 0 spiro atoms. The fourth-order valence-electron chi connectivity index (χ4n) is 1.28. The van der Waals surface area contributed by atoms with Crippen LogP contribution < -0.4 is 0 Å². The highest BCUT2D eigenvalue weighted by atomic mass is 19.4. The Kier molecular flexibility index (Phi) is 3.70. The Labute approximate surface area is 90.7 Å². The highest BCUT2D eigenvalue weighted by Gasteiger charge is 2.31. The lowest BCUT2D eigenvalue weighted by atomic mass is 10.0. The first kappa shape index (κ1) is 12.7. The van der Waals surface area contributed by atoms with Gasteiger partial charge in [0.25, 0.3) is 0 Å². The second kappa shape index (κ2) is 4.65. The normalized spacial score (nSPS) is 13.6. The Bertz CT molecular complexity index is 368. The molecule has 88 valence electrons. The number of carbonyl (C=O) groups excluding carboxylic acids is 1. The standard InChI is InChI=1S/C11H11F3O2/c1-7(15)8-2-4-9(5-3-8)10(16)6-11(12,13)14/h2-5,10,16H,6H2,1H3. The topological polar surface area (TPSA) is 37.3 Å². The molecule has 0 fully saturated rings. The number of aliphatic hydroxyl groups is 1. The van der Waals surface area contributed by atoms with E-state index in [1.165, 1.54) is 31.2 Å². The second-order valence-corrected chi connectivity index (χ2v) is 3.51. The number of hydrogen-bond donors (Lipinski definition) is 1. The molecule has 0 amide bonds. The van der Waals surface area contributed by atoms with Crippen molar-refractivity contribution in [2.24, 2.45) is 0 Å². The van der Waals surface area contributed by atoms with Crippen LogP contribution in [-0.4, -0.2) is 17.1 Å². The molecule has 0 aliphatic heterocycles. The highest BCUT2D eigenvalue weighted by molar-refractivity contribution is 5.94. The summed E-state index contributed by atoms with van der Waals surface area (Å²) in [7, 11) is 0. The molecule has 1 atom stereocenters. The Morgan fingerprint density at radius 2 is 1.81 bits per heavy atom. The van der Waals surface area contributed by atoms with Gasteiger partial charge in [-0.3, -0.25) is 4.79 Å². The first-order valence-corrected chi connectivity index (χ1v) is 4.65. The lowest BCUT2D eigenvalue weighted by Gasteiger charge is -2.13. The maximum atomic E-state index is 12.0. The number of alkyl halides is 3. The molecule has 1 aromatic rings. The summed E-state index contributed by atoms with van der Waals surface area (Å²) in [4.78, 5) is 10.9. The average Bonchev–Trinajstić information content (AvgIpc) is 2.15. The molecular formula is C11H11F3O2. The number of ketones is 1. The van der Waals surface area contributed by atoms with Crippen molar-refractivity contribution in [3.8, 4) is 0 Å². The van der Waals surface area contributed by atoms with Gasteiger partial charge in [0.05, 0.1) is 12.5 Å². The zero-order chi connectivity index (χ0) is 12.3. The zero-order valence-corrected chi connectivity index (χ0v) is 8.58. The summed E-state index contributed by atoms with van der Waals surface area (Å²) < 4.78 is 36.0. The van der Waals surface area contributed by atoms with Crippen LogP contribution in [0.1, 0.15) is 35.4 Å². The quantitative estimate of drug-likeness (QED) is 0.813. The monoisotopic (exact) mass is 232 g/mol. The third kappa shape index (κ3) is 3.66. The van der Waals surface area contributed by atoms with Crippen LogP contribution in [0.5, 0.6) is 0 Å². The number of rotatable bonds is 3. The third-order valence-electron chi connectivity index (χ3n) is 2.13. The van der Waals surface area contributed by atoms with Crippen LogP contribution in [0.4, 0.5) is 13.2 Å². The van der Waals surface area contributed by atoms with Crippen LogP contribution in [0.25, 0.3) is 0 Å². The minimum atomic E-state index is -4.40. The summed E-state index contributed by atoms with van der Waals surface area (Å²) in [6.07, 6.45) is -7.27. The third-order valence-corrected chi connectivity index (χ3v) is 2.13. The Morgan fingerprint density at radius 1 is 1.31 bits per heavy atom. The number of aliphatic hydroxyl groups excluding tert-OH is 1. The number of carbonyl (C=O) groups is 1. The van der Waals surface area contributed by atoms with Crippen molar-refractivity contribution < 1.29 is 23.1 Å². The van der Waals surface area contributed by atoms with Gasteiger partial charge in [-0.05, 0) is 12.5 Å². The van der Waals surface area contributed by atoms with Gasteiger partial charge in [-0.2, -0.15) is 13.2 Å². The van der Waals surface area contributed by atoms with Gasteiger partial charge in [-0.15, -0.1) is 0 Å². The largest absolute Gasteiger partial charge is 0.391 e. The van der Waals surface area contributed by atoms with Crippen LogP contribution in [-0.2, 0) is 0 Å². The maximum absolute atomic E-state index is 12.0. The van der Waals surface area contributed by atoms with Crippen molar-refractivity contribution in [1.29, 1.82) is 0 Å². The predicted octanol–water partition coefficient (Wildman–Crippen LogP) is 2.88. The molecule has 0 radical (unpaired) electrons.